The van der Waals surface area contributed by atoms with Gasteiger partial charge in [0.15, 0.2) is 6.17 Å². The van der Waals surface area contributed by atoms with Crippen molar-refractivity contribution in [2.45, 2.75) is 39.7 Å². The van der Waals surface area contributed by atoms with Gasteiger partial charge >= 0.3 is 11.9 Å². The van der Waals surface area contributed by atoms with Crippen LogP contribution in [0.2, 0.25) is 0 Å². The van der Waals surface area contributed by atoms with E-state index < -0.39 is 28.9 Å². The molecule has 0 spiro atoms. The Morgan fingerprint density at radius 3 is 2.66 bits per heavy atom. The number of amides is 1. The van der Waals surface area contributed by atoms with Crippen LogP contribution in [0.4, 0.5) is 24.5 Å². The molecule has 0 radical (unpaired) electrons. The van der Waals surface area contributed by atoms with E-state index in [1.165, 1.54) is 11.6 Å². The van der Waals surface area contributed by atoms with E-state index in [2.05, 4.69) is 20.7 Å². The quantitative estimate of drug-likeness (QED) is 0.299. The zero-order chi connectivity index (χ0) is 25.2. The number of carbonyl (C=O) groups is 1. The van der Waals surface area contributed by atoms with Crippen LogP contribution in [-0.4, -0.2) is 25.6 Å². The number of aryl methyl sites for hydroxylation is 2. The van der Waals surface area contributed by atoms with Crippen molar-refractivity contribution >= 4 is 38.8 Å². The molecular formula is C21H17F3N6O4S. The van der Waals surface area contributed by atoms with Gasteiger partial charge in [-0.25, -0.2) is 4.98 Å². The van der Waals surface area contributed by atoms with E-state index >= 15 is 0 Å². The van der Waals surface area contributed by atoms with Crippen molar-refractivity contribution in [2.24, 2.45) is 0 Å². The predicted molar refractivity (Wildman–Crippen MR) is 119 cm³/mol. The summed E-state index contributed by atoms with van der Waals surface area (Å²) in [6.45, 7) is 4.81. The monoisotopic (exact) mass is 506 g/mol. The van der Waals surface area contributed by atoms with Crippen molar-refractivity contribution in [3.63, 3.8) is 0 Å². The summed E-state index contributed by atoms with van der Waals surface area (Å²) in [6.07, 6.45) is -5.38. The van der Waals surface area contributed by atoms with E-state index in [0.29, 0.717) is 33.9 Å². The highest BCUT2D eigenvalue weighted by Crippen LogP contribution is 2.42. The third kappa shape index (κ3) is 3.79. The molecule has 5 rings (SSSR count). The number of thiophene rings is 1. The van der Waals surface area contributed by atoms with Crippen molar-refractivity contribution in [3.05, 3.63) is 67.4 Å². The largest absolute Gasteiger partial charge is 0.460 e. The number of alkyl halides is 3. The minimum Gasteiger partial charge on any atom is -0.460 e. The Labute approximate surface area is 198 Å². The summed E-state index contributed by atoms with van der Waals surface area (Å²) in [6, 6.07) is 4.26. The van der Waals surface area contributed by atoms with Crippen LogP contribution in [0.3, 0.4) is 0 Å². The van der Waals surface area contributed by atoms with Gasteiger partial charge in [0.25, 0.3) is 5.91 Å². The van der Waals surface area contributed by atoms with Gasteiger partial charge in [0.2, 0.25) is 0 Å². The van der Waals surface area contributed by atoms with Crippen LogP contribution >= 0.6 is 11.3 Å². The molecular weight excluding hydrogens is 489 g/mol. The molecule has 35 heavy (non-hydrogen) atoms. The second-order valence-electron chi connectivity index (χ2n) is 8.10. The van der Waals surface area contributed by atoms with Crippen molar-refractivity contribution in [1.29, 1.82) is 0 Å². The van der Waals surface area contributed by atoms with Crippen LogP contribution in [-0.2, 0) is 12.7 Å². The number of hydrogen-bond acceptors (Lipinski definition) is 8. The molecule has 5 heterocycles. The van der Waals surface area contributed by atoms with Crippen LogP contribution in [0.15, 0.2) is 22.6 Å². The molecule has 10 nitrogen and oxygen atoms in total. The third-order valence-electron chi connectivity index (χ3n) is 5.72. The molecule has 0 unspecified atom stereocenters. The molecule has 2 N–H and O–H groups in total. The zero-order valence-corrected chi connectivity index (χ0v) is 19.3. The molecule has 4 aromatic rings. The van der Waals surface area contributed by atoms with Gasteiger partial charge in [0, 0.05) is 5.39 Å². The summed E-state index contributed by atoms with van der Waals surface area (Å²) in [5.74, 6) is 0.337. The van der Waals surface area contributed by atoms with Crippen molar-refractivity contribution in [2.75, 3.05) is 5.32 Å². The maximum Gasteiger partial charge on any atom is 0.433 e. The van der Waals surface area contributed by atoms with E-state index in [0.717, 1.165) is 17.4 Å². The van der Waals surface area contributed by atoms with Gasteiger partial charge in [-0.3, -0.25) is 19.6 Å². The lowest BCUT2D eigenvalue weighted by atomic mass is 10.1. The lowest BCUT2D eigenvalue weighted by molar-refractivity contribution is -0.386. The molecule has 4 aromatic heterocycles. The molecule has 0 fully saturated rings. The van der Waals surface area contributed by atoms with Crippen molar-refractivity contribution < 1.29 is 27.3 Å². The van der Waals surface area contributed by atoms with Gasteiger partial charge in [-0.2, -0.15) is 18.3 Å². The summed E-state index contributed by atoms with van der Waals surface area (Å²) < 4.78 is 46.9. The molecule has 1 aliphatic rings. The first kappa shape index (κ1) is 22.8. The molecule has 182 valence electrons. The number of fused-ring (bicyclic) bond motifs is 3. The Morgan fingerprint density at radius 1 is 1.26 bits per heavy atom. The molecule has 1 atom stereocenters. The number of hydrogen-bond donors (Lipinski definition) is 2. The van der Waals surface area contributed by atoms with E-state index in [1.807, 2.05) is 0 Å². The molecule has 1 amide bonds. The Hall–Kier alpha value is -3.94. The standard InChI is InChI=1S/C21H17F3N6O4S/c1-8-6-13(21(22,23)24)25-20-14(8)15-17(35-20)19(31)27-18(26-15)12-5-4-11(34-12)7-29-10(3)16(30(32)33)9(2)28-29/h4-6,18,26H,7H2,1-3H3,(H,27,31)/t18-/m1/s1. The topological polar surface area (TPSA) is 128 Å². The Kier molecular flexibility index (Phi) is 5.09. The van der Waals surface area contributed by atoms with E-state index in [4.69, 9.17) is 4.42 Å². The summed E-state index contributed by atoms with van der Waals surface area (Å²) in [5.41, 5.74) is 0.322. The average Bonchev–Trinajstić information content (AvgIpc) is 3.44. The lowest BCUT2D eigenvalue weighted by Crippen LogP contribution is -2.37. The molecule has 1 aliphatic heterocycles. The molecule has 0 aliphatic carbocycles. The van der Waals surface area contributed by atoms with Crippen LogP contribution in [0, 0.1) is 30.9 Å². The smallest absolute Gasteiger partial charge is 0.433 e. The van der Waals surface area contributed by atoms with Gasteiger partial charge < -0.3 is 15.1 Å². The second-order valence-corrected chi connectivity index (χ2v) is 9.10. The fourth-order valence-electron chi connectivity index (χ4n) is 4.13. The van der Waals surface area contributed by atoms with E-state index in [-0.39, 0.29) is 27.6 Å². The number of rotatable bonds is 4. The van der Waals surface area contributed by atoms with Gasteiger partial charge in [0.05, 0.1) is 17.2 Å². The van der Waals surface area contributed by atoms with E-state index in [9.17, 15) is 28.1 Å². The SMILES string of the molecule is Cc1nn(Cc2ccc([C@H]3NC(=O)c4sc5nc(C(F)(F)F)cc(C)c5c4N3)o2)c(C)c1[N+](=O)[O-]. The van der Waals surface area contributed by atoms with E-state index in [1.54, 1.807) is 26.0 Å². The number of carbonyl (C=O) groups excluding carboxylic acids is 1. The Morgan fingerprint density at radius 2 is 2.00 bits per heavy atom. The maximum atomic E-state index is 13.2. The minimum absolute atomic E-state index is 0.0625. The number of pyridine rings is 1. The highest BCUT2D eigenvalue weighted by Gasteiger charge is 2.36. The van der Waals surface area contributed by atoms with Crippen LogP contribution < -0.4 is 10.6 Å². The fourth-order valence-corrected chi connectivity index (χ4v) is 5.25. The lowest BCUT2D eigenvalue weighted by Gasteiger charge is -2.24. The fraction of sp³-hybridized carbons (Fsp3) is 0.286. The third-order valence-corrected chi connectivity index (χ3v) is 6.80. The first-order chi connectivity index (χ1) is 16.4. The summed E-state index contributed by atoms with van der Waals surface area (Å²) >= 11 is 0.881. The number of nitrogens with one attached hydrogen (secondary N) is 2. The van der Waals surface area contributed by atoms with Crippen LogP contribution in [0.25, 0.3) is 10.2 Å². The number of furan rings is 1. The highest BCUT2D eigenvalue weighted by molar-refractivity contribution is 7.21. The first-order valence-electron chi connectivity index (χ1n) is 10.3. The molecule has 0 aromatic carbocycles. The van der Waals surface area contributed by atoms with Gasteiger partial charge in [-0.1, -0.05) is 0 Å². The van der Waals surface area contributed by atoms with Crippen LogP contribution in [0.1, 0.15) is 50.0 Å². The molecule has 0 saturated heterocycles. The Bertz CT molecular complexity index is 1520. The molecule has 0 saturated carbocycles. The number of nitrogens with zero attached hydrogens (tertiary/aromatic N) is 4. The predicted octanol–water partition coefficient (Wildman–Crippen LogP) is 4.84. The Balaban J connectivity index is 1.45. The zero-order valence-electron chi connectivity index (χ0n) is 18.5. The second kappa shape index (κ2) is 7.80. The van der Waals surface area contributed by atoms with Crippen LogP contribution in [0.5, 0.6) is 0 Å². The number of halogens is 3. The average molecular weight is 506 g/mol. The van der Waals surface area contributed by atoms with Crippen molar-refractivity contribution in [1.82, 2.24) is 20.1 Å². The van der Waals surface area contributed by atoms with Gasteiger partial charge in [-0.05, 0) is 44.5 Å². The highest BCUT2D eigenvalue weighted by atomic mass is 32.1. The number of aromatic nitrogens is 3. The molecule has 0 bridgehead atoms. The van der Waals surface area contributed by atoms with Gasteiger partial charge in [0.1, 0.15) is 38.3 Å². The summed E-state index contributed by atoms with van der Waals surface area (Å²) in [5, 5.41) is 21.7. The first-order valence-corrected chi connectivity index (χ1v) is 11.1. The maximum absolute atomic E-state index is 13.2. The molecule has 14 heteroatoms. The van der Waals surface area contributed by atoms with Crippen molar-refractivity contribution in [3.8, 4) is 0 Å². The summed E-state index contributed by atoms with van der Waals surface area (Å²) in [4.78, 5) is 27.6. The summed E-state index contributed by atoms with van der Waals surface area (Å²) in [7, 11) is 0. The number of anilines is 1. The van der Waals surface area contributed by atoms with Gasteiger partial charge in [-0.15, -0.1) is 11.3 Å². The normalized spacial score (nSPS) is 15.7. The minimum atomic E-state index is -4.60. The number of nitro groups is 1.